The Kier molecular flexibility index (Phi) is 6.98. The Morgan fingerprint density at radius 1 is 1.21 bits per heavy atom. The minimum atomic E-state index is -3.11. The fourth-order valence-electron chi connectivity index (χ4n) is 2.51. The second kappa shape index (κ2) is 7.75. The summed E-state index contributed by atoms with van der Waals surface area (Å²) in [6.07, 6.45) is 1.14. The molecule has 1 heterocycles. The lowest BCUT2D eigenvalue weighted by atomic mass is 10.1. The normalized spacial score (nSPS) is 24.6. The van der Waals surface area contributed by atoms with E-state index in [1.807, 2.05) is 18.5 Å². The van der Waals surface area contributed by atoms with Crippen molar-refractivity contribution in [3.8, 4) is 0 Å². The van der Waals surface area contributed by atoms with Crippen LogP contribution in [0.1, 0.15) is 41.0 Å². The van der Waals surface area contributed by atoms with Gasteiger partial charge in [0.25, 0.3) is 0 Å². The van der Waals surface area contributed by atoms with E-state index in [1.54, 1.807) is 0 Å². The van der Waals surface area contributed by atoms with Gasteiger partial charge in [-0.3, -0.25) is 13.9 Å². The molecule has 5 nitrogen and oxygen atoms in total. The van der Waals surface area contributed by atoms with Gasteiger partial charge in [-0.1, -0.05) is 6.92 Å². The maximum Gasteiger partial charge on any atom is 0.408 e. The molecule has 0 aromatic heterocycles. The van der Waals surface area contributed by atoms with Crippen LogP contribution in [0.25, 0.3) is 0 Å². The number of rotatable bonds is 7. The van der Waals surface area contributed by atoms with Gasteiger partial charge in [-0.2, -0.15) is 0 Å². The van der Waals surface area contributed by atoms with Gasteiger partial charge in [0.2, 0.25) is 0 Å². The average molecular weight is 292 g/mol. The maximum atomic E-state index is 12.8. The predicted octanol–water partition coefficient (Wildman–Crippen LogP) is 2.97. The van der Waals surface area contributed by atoms with Crippen molar-refractivity contribution < 1.29 is 13.6 Å². The summed E-state index contributed by atoms with van der Waals surface area (Å²) in [5, 5.41) is 0. The Bertz CT molecular complexity index is 304. The molecular formula is C13H29N2O3P. The summed E-state index contributed by atoms with van der Waals surface area (Å²) < 4.78 is 25.6. The van der Waals surface area contributed by atoms with E-state index in [2.05, 4.69) is 25.7 Å². The molecule has 0 saturated carbocycles. The van der Waals surface area contributed by atoms with E-state index < -0.39 is 7.75 Å². The molecule has 6 heteroatoms. The Morgan fingerprint density at radius 3 is 2.21 bits per heavy atom. The monoisotopic (exact) mass is 292 g/mol. The van der Waals surface area contributed by atoms with E-state index >= 15 is 0 Å². The zero-order valence-corrected chi connectivity index (χ0v) is 13.9. The van der Waals surface area contributed by atoms with E-state index in [-0.39, 0.29) is 6.04 Å². The van der Waals surface area contributed by atoms with Crippen LogP contribution >= 0.6 is 7.75 Å². The van der Waals surface area contributed by atoms with Crippen LogP contribution in [0.4, 0.5) is 0 Å². The lowest BCUT2D eigenvalue weighted by Crippen LogP contribution is -2.53. The van der Waals surface area contributed by atoms with E-state index in [1.165, 1.54) is 0 Å². The van der Waals surface area contributed by atoms with Crippen molar-refractivity contribution in [1.29, 1.82) is 0 Å². The molecule has 114 valence electrons. The third kappa shape index (κ3) is 4.27. The molecule has 0 amide bonds. The van der Waals surface area contributed by atoms with Crippen molar-refractivity contribution in [3.63, 3.8) is 0 Å². The summed E-state index contributed by atoms with van der Waals surface area (Å²) in [5.74, 6) is 0. The van der Waals surface area contributed by atoms with Gasteiger partial charge in [-0.25, -0.2) is 9.24 Å². The second-order valence-electron chi connectivity index (χ2n) is 5.07. The van der Waals surface area contributed by atoms with Crippen molar-refractivity contribution in [2.75, 3.05) is 32.8 Å². The molecule has 0 radical (unpaired) electrons. The topological polar surface area (TPSA) is 42.0 Å². The average Bonchev–Trinajstić information content (AvgIpc) is 2.38. The molecule has 1 saturated heterocycles. The van der Waals surface area contributed by atoms with Gasteiger partial charge in [0, 0.05) is 31.7 Å². The molecule has 1 rings (SSSR count). The van der Waals surface area contributed by atoms with Gasteiger partial charge in [0.1, 0.15) is 0 Å². The number of piperazine rings is 1. The zero-order valence-electron chi connectivity index (χ0n) is 13.0. The van der Waals surface area contributed by atoms with Crippen molar-refractivity contribution in [2.45, 2.75) is 53.1 Å². The van der Waals surface area contributed by atoms with Gasteiger partial charge < -0.3 is 0 Å². The molecule has 1 aliphatic heterocycles. The molecular weight excluding hydrogens is 263 g/mol. The fraction of sp³-hybridized carbons (Fsp3) is 1.00. The summed E-state index contributed by atoms with van der Waals surface area (Å²) in [5.41, 5.74) is 0. The molecule has 1 fully saturated rings. The molecule has 0 aromatic rings. The first-order valence-electron chi connectivity index (χ1n) is 7.38. The molecule has 0 aliphatic carbocycles. The molecule has 0 aromatic carbocycles. The van der Waals surface area contributed by atoms with Crippen LogP contribution in [0.3, 0.4) is 0 Å². The van der Waals surface area contributed by atoms with E-state index in [0.29, 0.717) is 19.3 Å². The third-order valence-corrected chi connectivity index (χ3v) is 6.13. The van der Waals surface area contributed by atoms with E-state index in [9.17, 15) is 4.57 Å². The summed E-state index contributed by atoms with van der Waals surface area (Å²) in [7, 11) is -3.11. The van der Waals surface area contributed by atoms with Gasteiger partial charge in [0.15, 0.2) is 0 Å². The molecule has 19 heavy (non-hydrogen) atoms. The third-order valence-electron chi connectivity index (χ3n) is 3.74. The lowest BCUT2D eigenvalue weighted by molar-refractivity contribution is 0.0727. The Labute approximate surface area is 117 Å². The van der Waals surface area contributed by atoms with Crippen LogP contribution in [0, 0.1) is 0 Å². The van der Waals surface area contributed by atoms with Crippen molar-refractivity contribution in [3.05, 3.63) is 0 Å². The SMILES string of the molecule is CCOP(=O)(OCC)N1CCN(C(C)CC)C[C@H]1C. The molecule has 2 atom stereocenters. The number of hydrogen-bond acceptors (Lipinski definition) is 4. The molecule has 0 spiro atoms. The summed E-state index contributed by atoms with van der Waals surface area (Å²) in [6, 6.07) is 0.759. The highest BCUT2D eigenvalue weighted by atomic mass is 31.2. The fourth-order valence-corrected chi connectivity index (χ4v) is 4.42. The standard InChI is InChI=1S/C13H29N2O3P/c1-6-12(4)14-9-10-15(13(5)11-14)19(16,17-7-2)18-8-3/h12-13H,6-11H2,1-5H3/t12?,13-/m1/s1. The Balaban J connectivity index is 2.72. The van der Waals surface area contributed by atoms with Crippen LogP contribution in [0.15, 0.2) is 0 Å². The van der Waals surface area contributed by atoms with Crippen LogP contribution < -0.4 is 0 Å². The first-order chi connectivity index (χ1) is 8.98. The quantitative estimate of drug-likeness (QED) is 0.675. The first-order valence-corrected chi connectivity index (χ1v) is 8.88. The van der Waals surface area contributed by atoms with E-state index in [0.717, 1.165) is 26.1 Å². The van der Waals surface area contributed by atoms with Crippen LogP contribution in [0.5, 0.6) is 0 Å². The largest absolute Gasteiger partial charge is 0.408 e. The van der Waals surface area contributed by atoms with Crippen molar-refractivity contribution in [1.82, 2.24) is 9.57 Å². The van der Waals surface area contributed by atoms with Crippen molar-refractivity contribution >= 4 is 7.75 Å². The number of hydrogen-bond donors (Lipinski definition) is 0. The summed E-state index contributed by atoms with van der Waals surface area (Å²) >= 11 is 0. The second-order valence-corrected chi connectivity index (χ2v) is 7.04. The van der Waals surface area contributed by atoms with Gasteiger partial charge in [-0.15, -0.1) is 0 Å². The van der Waals surface area contributed by atoms with Gasteiger partial charge in [0.05, 0.1) is 13.2 Å². The first kappa shape index (κ1) is 17.1. The van der Waals surface area contributed by atoms with E-state index in [4.69, 9.17) is 9.05 Å². The zero-order chi connectivity index (χ0) is 14.5. The molecule has 1 aliphatic rings. The predicted molar refractivity (Wildman–Crippen MR) is 78.4 cm³/mol. The minimum absolute atomic E-state index is 0.187. The van der Waals surface area contributed by atoms with Crippen LogP contribution in [0.2, 0.25) is 0 Å². The smallest absolute Gasteiger partial charge is 0.298 e. The Morgan fingerprint density at radius 2 is 1.79 bits per heavy atom. The molecule has 0 N–H and O–H groups in total. The minimum Gasteiger partial charge on any atom is -0.298 e. The Hall–Kier alpha value is 0.0700. The highest BCUT2D eigenvalue weighted by molar-refractivity contribution is 7.51. The van der Waals surface area contributed by atoms with Crippen molar-refractivity contribution in [2.24, 2.45) is 0 Å². The highest BCUT2D eigenvalue weighted by Gasteiger charge is 2.40. The maximum absolute atomic E-state index is 12.8. The summed E-state index contributed by atoms with van der Waals surface area (Å²) in [6.45, 7) is 13.6. The van der Waals surface area contributed by atoms with Crippen LogP contribution in [-0.2, 0) is 13.6 Å². The molecule has 0 bridgehead atoms. The van der Waals surface area contributed by atoms with Crippen LogP contribution in [-0.4, -0.2) is 54.5 Å². The number of nitrogens with zero attached hydrogens (tertiary/aromatic N) is 2. The highest BCUT2D eigenvalue weighted by Crippen LogP contribution is 2.53. The van der Waals surface area contributed by atoms with Gasteiger partial charge in [-0.05, 0) is 34.1 Å². The van der Waals surface area contributed by atoms with Gasteiger partial charge >= 0.3 is 7.75 Å². The molecule has 1 unspecified atom stereocenters. The lowest BCUT2D eigenvalue weighted by Gasteiger charge is -2.43. The summed E-state index contributed by atoms with van der Waals surface area (Å²) in [4.78, 5) is 2.45.